The van der Waals surface area contributed by atoms with Crippen molar-refractivity contribution in [3.05, 3.63) is 58.1 Å². The third-order valence-electron chi connectivity index (χ3n) is 4.71. The lowest BCUT2D eigenvalue weighted by Crippen LogP contribution is -2.32. The molecule has 0 aromatic heterocycles. The molecule has 5 nitrogen and oxygen atoms in total. The standard InChI is InChI=1S/C21H27ClN2O3S/c1-5-14(4)24-28(26,27)17-11-8-16(9-12-17)21(25)23-20-15(6-2)10-13-19(22)18(20)7-3/h8-14,24H,5-7H2,1-4H3,(H,23,25). The molecule has 0 bridgehead atoms. The predicted octanol–water partition coefficient (Wildman–Crippen LogP) is 4.79. The second-order valence-electron chi connectivity index (χ2n) is 6.68. The van der Waals surface area contributed by atoms with E-state index >= 15 is 0 Å². The number of aryl methyl sites for hydroxylation is 1. The molecule has 0 saturated carbocycles. The van der Waals surface area contributed by atoms with Crippen molar-refractivity contribution >= 4 is 33.2 Å². The Labute approximate surface area is 172 Å². The number of amides is 1. The van der Waals surface area contributed by atoms with Crippen LogP contribution < -0.4 is 10.0 Å². The Kier molecular flexibility index (Phi) is 7.63. The highest BCUT2D eigenvalue weighted by Gasteiger charge is 2.18. The summed E-state index contributed by atoms with van der Waals surface area (Å²) in [6.45, 7) is 7.72. The van der Waals surface area contributed by atoms with Gasteiger partial charge in [-0.3, -0.25) is 4.79 Å². The topological polar surface area (TPSA) is 75.3 Å². The van der Waals surface area contributed by atoms with Gasteiger partial charge in [0.25, 0.3) is 5.91 Å². The van der Waals surface area contributed by atoms with Gasteiger partial charge in [-0.1, -0.05) is 38.4 Å². The van der Waals surface area contributed by atoms with E-state index in [1.165, 1.54) is 24.3 Å². The fourth-order valence-electron chi connectivity index (χ4n) is 2.85. The lowest BCUT2D eigenvalue weighted by molar-refractivity contribution is 0.102. The van der Waals surface area contributed by atoms with Crippen LogP contribution in [-0.4, -0.2) is 20.4 Å². The second kappa shape index (κ2) is 9.54. The minimum atomic E-state index is -3.60. The summed E-state index contributed by atoms with van der Waals surface area (Å²) in [5.74, 6) is -0.300. The molecule has 0 radical (unpaired) electrons. The molecule has 1 amide bonds. The van der Waals surface area contributed by atoms with E-state index in [9.17, 15) is 13.2 Å². The van der Waals surface area contributed by atoms with Gasteiger partial charge in [0.1, 0.15) is 0 Å². The Hall–Kier alpha value is -1.89. The lowest BCUT2D eigenvalue weighted by atomic mass is 10.0. The van der Waals surface area contributed by atoms with Crippen molar-refractivity contribution in [2.45, 2.75) is 57.9 Å². The zero-order chi connectivity index (χ0) is 20.9. The maximum absolute atomic E-state index is 12.7. The molecule has 28 heavy (non-hydrogen) atoms. The van der Waals surface area contributed by atoms with E-state index in [-0.39, 0.29) is 16.8 Å². The van der Waals surface area contributed by atoms with Gasteiger partial charge in [0.05, 0.1) is 4.90 Å². The Morgan fingerprint density at radius 1 is 1.04 bits per heavy atom. The predicted molar refractivity (Wildman–Crippen MR) is 115 cm³/mol. The van der Waals surface area contributed by atoms with Gasteiger partial charge in [-0.05, 0) is 67.6 Å². The summed E-state index contributed by atoms with van der Waals surface area (Å²) in [6, 6.07) is 9.52. The molecule has 2 rings (SSSR count). The molecule has 2 aromatic carbocycles. The highest BCUT2D eigenvalue weighted by molar-refractivity contribution is 7.89. The normalized spacial score (nSPS) is 12.6. The van der Waals surface area contributed by atoms with E-state index in [4.69, 9.17) is 11.6 Å². The highest BCUT2D eigenvalue weighted by atomic mass is 35.5. The van der Waals surface area contributed by atoms with Crippen molar-refractivity contribution in [3.8, 4) is 0 Å². The number of hydrogen-bond donors (Lipinski definition) is 2. The van der Waals surface area contributed by atoms with Crippen LogP contribution in [0.25, 0.3) is 0 Å². The fourth-order valence-corrected chi connectivity index (χ4v) is 4.47. The Morgan fingerprint density at radius 2 is 1.68 bits per heavy atom. The summed E-state index contributed by atoms with van der Waals surface area (Å²) < 4.78 is 27.3. The lowest BCUT2D eigenvalue weighted by Gasteiger charge is -2.16. The first kappa shape index (κ1) is 22.4. The minimum absolute atomic E-state index is 0.135. The zero-order valence-electron chi connectivity index (χ0n) is 16.7. The molecule has 0 aliphatic rings. The number of carbonyl (C=O) groups excluding carboxylic acids is 1. The molecular formula is C21H27ClN2O3S. The van der Waals surface area contributed by atoms with Gasteiger partial charge in [0.2, 0.25) is 10.0 Å². The number of halogens is 1. The molecule has 7 heteroatoms. The van der Waals surface area contributed by atoms with Crippen molar-refractivity contribution < 1.29 is 13.2 Å². The van der Waals surface area contributed by atoms with Gasteiger partial charge in [-0.25, -0.2) is 13.1 Å². The van der Waals surface area contributed by atoms with E-state index in [0.717, 1.165) is 23.2 Å². The molecule has 0 aliphatic heterocycles. The number of anilines is 1. The molecule has 1 unspecified atom stereocenters. The van der Waals surface area contributed by atoms with E-state index in [1.807, 2.05) is 32.9 Å². The first-order valence-electron chi connectivity index (χ1n) is 9.47. The van der Waals surface area contributed by atoms with Crippen LogP contribution in [0, 0.1) is 0 Å². The molecule has 0 saturated heterocycles. The molecule has 2 N–H and O–H groups in total. The number of nitrogens with one attached hydrogen (secondary N) is 2. The Balaban J connectivity index is 2.27. The minimum Gasteiger partial charge on any atom is -0.321 e. The van der Waals surface area contributed by atoms with E-state index in [2.05, 4.69) is 10.0 Å². The van der Waals surface area contributed by atoms with Gasteiger partial charge >= 0.3 is 0 Å². The third kappa shape index (κ3) is 5.13. The van der Waals surface area contributed by atoms with Crippen LogP contribution in [-0.2, 0) is 22.9 Å². The van der Waals surface area contributed by atoms with Gasteiger partial charge in [0, 0.05) is 22.3 Å². The van der Waals surface area contributed by atoms with Crippen molar-refractivity contribution in [2.24, 2.45) is 0 Å². The maximum Gasteiger partial charge on any atom is 0.255 e. The second-order valence-corrected chi connectivity index (χ2v) is 8.80. The molecule has 0 heterocycles. The molecule has 0 aliphatic carbocycles. The van der Waals surface area contributed by atoms with Gasteiger partial charge in [-0.15, -0.1) is 0 Å². The summed E-state index contributed by atoms with van der Waals surface area (Å²) in [5, 5.41) is 3.57. The third-order valence-corrected chi connectivity index (χ3v) is 6.67. The molecule has 2 aromatic rings. The Bertz CT molecular complexity index is 941. The van der Waals surface area contributed by atoms with Crippen LogP contribution in [0.3, 0.4) is 0 Å². The van der Waals surface area contributed by atoms with Crippen molar-refractivity contribution in [2.75, 3.05) is 5.32 Å². The van der Waals surface area contributed by atoms with Gasteiger partial charge in [0.15, 0.2) is 0 Å². The van der Waals surface area contributed by atoms with Crippen LogP contribution in [0.2, 0.25) is 5.02 Å². The maximum atomic E-state index is 12.7. The van der Waals surface area contributed by atoms with E-state index in [0.29, 0.717) is 23.4 Å². The van der Waals surface area contributed by atoms with E-state index < -0.39 is 10.0 Å². The Morgan fingerprint density at radius 3 is 2.21 bits per heavy atom. The summed E-state index contributed by atoms with van der Waals surface area (Å²) in [4.78, 5) is 12.9. The van der Waals surface area contributed by atoms with Gasteiger partial charge < -0.3 is 5.32 Å². The van der Waals surface area contributed by atoms with Crippen LogP contribution in [0.1, 0.15) is 55.6 Å². The molecule has 0 spiro atoms. The summed E-state index contributed by atoms with van der Waals surface area (Å²) in [7, 11) is -3.60. The highest BCUT2D eigenvalue weighted by Crippen LogP contribution is 2.30. The molecular weight excluding hydrogens is 396 g/mol. The molecule has 1 atom stereocenters. The first-order valence-corrected chi connectivity index (χ1v) is 11.3. The van der Waals surface area contributed by atoms with Crippen molar-refractivity contribution in [1.82, 2.24) is 4.72 Å². The number of benzene rings is 2. The van der Waals surface area contributed by atoms with Crippen LogP contribution in [0.4, 0.5) is 5.69 Å². The van der Waals surface area contributed by atoms with Crippen LogP contribution in [0.15, 0.2) is 41.3 Å². The SMILES string of the molecule is CCc1ccc(Cl)c(CC)c1NC(=O)c1ccc(S(=O)(=O)NC(C)CC)cc1. The number of rotatable bonds is 8. The fraction of sp³-hybridized carbons (Fsp3) is 0.381. The van der Waals surface area contributed by atoms with Crippen LogP contribution in [0.5, 0.6) is 0 Å². The smallest absolute Gasteiger partial charge is 0.255 e. The molecule has 152 valence electrons. The zero-order valence-corrected chi connectivity index (χ0v) is 18.2. The average Bonchev–Trinajstić information content (AvgIpc) is 2.68. The van der Waals surface area contributed by atoms with Gasteiger partial charge in [-0.2, -0.15) is 0 Å². The summed E-state index contributed by atoms with van der Waals surface area (Å²) >= 11 is 6.29. The van der Waals surface area contributed by atoms with E-state index in [1.54, 1.807) is 6.92 Å². The van der Waals surface area contributed by atoms with Crippen molar-refractivity contribution in [3.63, 3.8) is 0 Å². The first-order chi connectivity index (χ1) is 13.2. The van der Waals surface area contributed by atoms with Crippen molar-refractivity contribution in [1.29, 1.82) is 0 Å². The van der Waals surface area contributed by atoms with Crippen LogP contribution >= 0.6 is 11.6 Å². The summed E-state index contributed by atoms with van der Waals surface area (Å²) in [5.41, 5.74) is 3.02. The number of carbonyl (C=O) groups is 1. The number of hydrogen-bond acceptors (Lipinski definition) is 3. The monoisotopic (exact) mass is 422 g/mol. The molecule has 0 fully saturated rings. The largest absolute Gasteiger partial charge is 0.321 e. The summed E-state index contributed by atoms with van der Waals surface area (Å²) in [6.07, 6.45) is 2.15. The average molecular weight is 423 g/mol. The number of sulfonamides is 1. The quantitative estimate of drug-likeness (QED) is 0.641.